The Bertz CT molecular complexity index is 737. The molecule has 1 fully saturated rings. The predicted octanol–water partition coefficient (Wildman–Crippen LogP) is 2.09. The third-order valence-corrected chi connectivity index (χ3v) is 5.77. The molecule has 0 saturated heterocycles. The molecular formula is C15H20N4OS. The Labute approximate surface area is 127 Å². The zero-order chi connectivity index (χ0) is 14.6. The normalized spacial score (nSPS) is 21.5. The summed E-state index contributed by atoms with van der Waals surface area (Å²) >= 11 is 1.42. The van der Waals surface area contributed by atoms with Gasteiger partial charge < -0.3 is 4.57 Å². The first-order valence-electron chi connectivity index (χ1n) is 7.73. The monoisotopic (exact) mass is 304 g/mol. The van der Waals surface area contributed by atoms with Crippen LogP contribution in [0.1, 0.15) is 54.3 Å². The smallest absolute Gasteiger partial charge is 0.307 e. The molecule has 21 heavy (non-hydrogen) atoms. The molecular weight excluding hydrogens is 284 g/mol. The van der Waals surface area contributed by atoms with Gasteiger partial charge in [-0.05, 0) is 38.0 Å². The lowest BCUT2D eigenvalue weighted by molar-refractivity contribution is 0.485. The molecule has 0 unspecified atom stereocenters. The van der Waals surface area contributed by atoms with Gasteiger partial charge in [-0.25, -0.2) is 0 Å². The van der Waals surface area contributed by atoms with Gasteiger partial charge in [-0.2, -0.15) is 0 Å². The van der Waals surface area contributed by atoms with E-state index in [0.717, 1.165) is 24.5 Å². The van der Waals surface area contributed by atoms with Crippen molar-refractivity contribution in [2.24, 2.45) is 13.0 Å². The molecule has 4 rings (SSSR count). The lowest BCUT2D eigenvalue weighted by Gasteiger charge is -2.19. The molecule has 6 heteroatoms. The summed E-state index contributed by atoms with van der Waals surface area (Å²) in [6.07, 6.45) is 5.68. The third-order valence-electron chi connectivity index (χ3n) is 4.73. The highest BCUT2D eigenvalue weighted by Gasteiger charge is 2.30. The van der Waals surface area contributed by atoms with Crippen LogP contribution in [0.3, 0.4) is 0 Å². The fourth-order valence-electron chi connectivity index (χ4n) is 3.23. The molecule has 5 nitrogen and oxygen atoms in total. The van der Waals surface area contributed by atoms with Crippen molar-refractivity contribution in [3.05, 3.63) is 31.9 Å². The minimum absolute atomic E-state index is 0.157. The van der Waals surface area contributed by atoms with Crippen LogP contribution in [0.25, 0.3) is 0 Å². The van der Waals surface area contributed by atoms with Crippen molar-refractivity contribution in [3.8, 4) is 0 Å². The summed E-state index contributed by atoms with van der Waals surface area (Å²) in [7, 11) is 2.02. The highest BCUT2D eigenvalue weighted by atomic mass is 32.1. The summed E-state index contributed by atoms with van der Waals surface area (Å²) < 4.78 is 4.01. The number of nitrogens with zero attached hydrogens (tertiary/aromatic N) is 4. The largest absolute Gasteiger partial charge is 0.316 e. The first-order chi connectivity index (χ1) is 10.1. The van der Waals surface area contributed by atoms with Crippen molar-refractivity contribution in [2.45, 2.75) is 51.5 Å². The first-order valence-corrected chi connectivity index (χ1v) is 8.54. The van der Waals surface area contributed by atoms with Crippen LogP contribution in [0.15, 0.2) is 4.79 Å². The van der Waals surface area contributed by atoms with Crippen LogP contribution in [0.4, 0.5) is 0 Å². The van der Waals surface area contributed by atoms with Crippen LogP contribution in [0, 0.1) is 5.92 Å². The van der Waals surface area contributed by atoms with E-state index < -0.39 is 0 Å². The SMILES string of the molecule is C[C@@H]1CCc2c(sc(=O)n2Cc2nnc(C3CC3)n2C)C1. The van der Waals surface area contributed by atoms with Gasteiger partial charge >= 0.3 is 4.87 Å². The summed E-state index contributed by atoms with van der Waals surface area (Å²) in [5.74, 6) is 3.26. The van der Waals surface area contributed by atoms with Crippen molar-refractivity contribution in [1.82, 2.24) is 19.3 Å². The van der Waals surface area contributed by atoms with Gasteiger partial charge in [0.05, 0.1) is 6.54 Å². The number of fused-ring (bicyclic) bond motifs is 1. The maximum absolute atomic E-state index is 12.3. The lowest BCUT2D eigenvalue weighted by Crippen LogP contribution is -2.21. The third kappa shape index (κ3) is 2.25. The molecule has 2 aliphatic carbocycles. The second-order valence-electron chi connectivity index (χ2n) is 6.48. The van der Waals surface area contributed by atoms with Crippen molar-refractivity contribution in [1.29, 1.82) is 0 Å². The molecule has 2 heterocycles. The van der Waals surface area contributed by atoms with Crippen LogP contribution in [-0.2, 0) is 26.4 Å². The predicted molar refractivity (Wildman–Crippen MR) is 81.8 cm³/mol. The topological polar surface area (TPSA) is 52.7 Å². The van der Waals surface area contributed by atoms with E-state index in [1.54, 1.807) is 0 Å². The highest BCUT2D eigenvalue weighted by molar-refractivity contribution is 7.09. The summed E-state index contributed by atoms with van der Waals surface area (Å²) in [5, 5.41) is 8.63. The van der Waals surface area contributed by atoms with E-state index in [1.165, 1.54) is 41.2 Å². The van der Waals surface area contributed by atoms with Gasteiger partial charge in [-0.3, -0.25) is 9.36 Å². The van der Waals surface area contributed by atoms with Gasteiger partial charge in [0.1, 0.15) is 5.82 Å². The molecule has 0 aromatic carbocycles. The Morgan fingerprint density at radius 2 is 2.10 bits per heavy atom. The van der Waals surface area contributed by atoms with E-state index in [2.05, 4.69) is 21.7 Å². The number of hydrogen-bond acceptors (Lipinski definition) is 4. The minimum Gasteiger partial charge on any atom is -0.316 e. The van der Waals surface area contributed by atoms with Gasteiger partial charge in [0, 0.05) is 23.5 Å². The molecule has 2 aromatic heterocycles. The van der Waals surface area contributed by atoms with Gasteiger partial charge in [-0.1, -0.05) is 18.3 Å². The van der Waals surface area contributed by atoms with Crippen molar-refractivity contribution in [3.63, 3.8) is 0 Å². The second-order valence-corrected chi connectivity index (χ2v) is 7.53. The number of aromatic nitrogens is 4. The standard InChI is InChI=1S/C15H20N4OS/c1-9-3-6-11-12(7-9)21-15(20)19(11)8-13-16-17-14(18(13)2)10-4-5-10/h9-10H,3-8H2,1-2H3/t9-/m1/s1. The Balaban J connectivity index is 1.67. The number of rotatable bonds is 3. The molecule has 0 bridgehead atoms. The molecule has 0 amide bonds. The van der Waals surface area contributed by atoms with E-state index in [-0.39, 0.29) is 4.87 Å². The van der Waals surface area contributed by atoms with Crippen molar-refractivity contribution in [2.75, 3.05) is 0 Å². The first kappa shape index (κ1) is 13.2. The van der Waals surface area contributed by atoms with Gasteiger partial charge in [-0.15, -0.1) is 10.2 Å². The Hall–Kier alpha value is -1.43. The molecule has 1 saturated carbocycles. The highest BCUT2D eigenvalue weighted by Crippen LogP contribution is 2.38. The Kier molecular flexibility index (Phi) is 3.03. The molecule has 0 aliphatic heterocycles. The van der Waals surface area contributed by atoms with E-state index in [0.29, 0.717) is 18.4 Å². The minimum atomic E-state index is 0.157. The molecule has 112 valence electrons. The number of thiazole rings is 1. The molecule has 0 radical (unpaired) electrons. The van der Waals surface area contributed by atoms with Crippen LogP contribution in [0.5, 0.6) is 0 Å². The van der Waals surface area contributed by atoms with Gasteiger partial charge in [0.15, 0.2) is 5.82 Å². The zero-order valence-electron chi connectivity index (χ0n) is 12.5. The summed E-state index contributed by atoms with van der Waals surface area (Å²) in [4.78, 5) is 13.7. The maximum atomic E-state index is 12.3. The molecule has 0 spiro atoms. The average Bonchev–Trinajstić information content (AvgIpc) is 3.16. The Morgan fingerprint density at radius 3 is 2.86 bits per heavy atom. The molecule has 1 atom stereocenters. The van der Waals surface area contributed by atoms with Crippen LogP contribution in [-0.4, -0.2) is 19.3 Å². The van der Waals surface area contributed by atoms with Crippen LogP contribution >= 0.6 is 11.3 Å². The van der Waals surface area contributed by atoms with Crippen molar-refractivity contribution >= 4 is 11.3 Å². The van der Waals surface area contributed by atoms with E-state index in [9.17, 15) is 4.79 Å². The van der Waals surface area contributed by atoms with E-state index in [4.69, 9.17) is 0 Å². The van der Waals surface area contributed by atoms with Crippen LogP contribution in [0.2, 0.25) is 0 Å². The summed E-state index contributed by atoms with van der Waals surface area (Å²) in [6.45, 7) is 2.83. The van der Waals surface area contributed by atoms with E-state index in [1.807, 2.05) is 11.6 Å². The summed E-state index contributed by atoms with van der Waals surface area (Å²) in [5.41, 5.74) is 1.24. The second kappa shape index (κ2) is 4.80. The van der Waals surface area contributed by atoms with E-state index >= 15 is 0 Å². The molecule has 0 N–H and O–H groups in total. The van der Waals surface area contributed by atoms with Gasteiger partial charge in [0.25, 0.3) is 0 Å². The zero-order valence-corrected chi connectivity index (χ0v) is 13.3. The lowest BCUT2D eigenvalue weighted by atomic mass is 9.93. The average molecular weight is 304 g/mol. The van der Waals surface area contributed by atoms with Gasteiger partial charge in [0.2, 0.25) is 0 Å². The Morgan fingerprint density at radius 1 is 1.29 bits per heavy atom. The quantitative estimate of drug-likeness (QED) is 0.872. The van der Waals surface area contributed by atoms with Crippen molar-refractivity contribution < 1.29 is 0 Å². The molecule has 2 aromatic rings. The molecule has 2 aliphatic rings. The number of hydrogen-bond donors (Lipinski definition) is 0. The fourth-order valence-corrected chi connectivity index (χ4v) is 4.42. The van der Waals surface area contributed by atoms with Crippen LogP contribution < -0.4 is 4.87 Å². The maximum Gasteiger partial charge on any atom is 0.307 e. The summed E-state index contributed by atoms with van der Waals surface area (Å²) in [6, 6.07) is 0. The fraction of sp³-hybridized carbons (Fsp3) is 0.667.